The summed E-state index contributed by atoms with van der Waals surface area (Å²) in [6, 6.07) is 12.1. The van der Waals surface area contributed by atoms with E-state index < -0.39 is 5.82 Å². The number of carbonyl (C=O) groups excluding carboxylic acids is 1. The zero-order chi connectivity index (χ0) is 18.2. The predicted molar refractivity (Wildman–Crippen MR) is 95.8 cm³/mol. The van der Waals surface area contributed by atoms with E-state index in [1.54, 1.807) is 6.07 Å². The smallest absolute Gasteiger partial charge is 0.251 e. The van der Waals surface area contributed by atoms with E-state index in [1.807, 2.05) is 38.1 Å². The van der Waals surface area contributed by atoms with Crippen LogP contribution >= 0.6 is 0 Å². The van der Waals surface area contributed by atoms with Crippen LogP contribution in [0, 0.1) is 5.82 Å². The van der Waals surface area contributed by atoms with Crippen molar-refractivity contribution in [1.29, 1.82) is 0 Å². The Balaban J connectivity index is 1.77. The highest BCUT2D eigenvalue weighted by Crippen LogP contribution is 2.18. The van der Waals surface area contributed by atoms with Crippen molar-refractivity contribution in [3.05, 3.63) is 59.4 Å². The standard InChI is InChI=1S/C20H24FNO3/c1-14(2)25-17-9-6-15(7-10-17)5-4-12-22-20(23)16-8-11-19(24-3)18(21)13-16/h6-11,13-14H,4-5,12H2,1-3H3,(H,22,23). The van der Waals surface area contributed by atoms with Crippen LogP contribution < -0.4 is 14.8 Å². The van der Waals surface area contributed by atoms with E-state index in [1.165, 1.54) is 24.8 Å². The van der Waals surface area contributed by atoms with Crippen molar-refractivity contribution in [3.63, 3.8) is 0 Å². The molecular weight excluding hydrogens is 321 g/mol. The maximum absolute atomic E-state index is 13.6. The minimum Gasteiger partial charge on any atom is -0.494 e. The van der Waals surface area contributed by atoms with Crippen LogP contribution in [0.1, 0.15) is 36.2 Å². The number of benzene rings is 2. The Bertz CT molecular complexity index is 699. The van der Waals surface area contributed by atoms with Crippen molar-refractivity contribution >= 4 is 5.91 Å². The van der Waals surface area contributed by atoms with E-state index in [0.717, 1.165) is 18.6 Å². The maximum atomic E-state index is 13.6. The Kier molecular flexibility index (Phi) is 6.81. The second-order valence-electron chi connectivity index (χ2n) is 6.02. The molecule has 0 saturated carbocycles. The molecule has 2 rings (SSSR count). The van der Waals surface area contributed by atoms with Crippen molar-refractivity contribution < 1.29 is 18.7 Å². The van der Waals surface area contributed by atoms with Gasteiger partial charge in [-0.2, -0.15) is 0 Å². The molecule has 0 bridgehead atoms. The minimum atomic E-state index is -0.543. The van der Waals surface area contributed by atoms with Crippen LogP contribution in [0.4, 0.5) is 4.39 Å². The second-order valence-corrected chi connectivity index (χ2v) is 6.02. The average molecular weight is 345 g/mol. The molecule has 0 saturated heterocycles. The normalized spacial score (nSPS) is 10.6. The van der Waals surface area contributed by atoms with E-state index >= 15 is 0 Å². The molecule has 2 aromatic rings. The van der Waals surface area contributed by atoms with E-state index in [4.69, 9.17) is 9.47 Å². The minimum absolute atomic E-state index is 0.126. The molecule has 0 aromatic heterocycles. The van der Waals surface area contributed by atoms with Crippen LogP contribution in [0.15, 0.2) is 42.5 Å². The summed E-state index contributed by atoms with van der Waals surface area (Å²) in [5.74, 6) is 0.149. The summed E-state index contributed by atoms with van der Waals surface area (Å²) in [6.45, 7) is 4.51. The first-order valence-electron chi connectivity index (χ1n) is 8.37. The third-order valence-electron chi connectivity index (χ3n) is 3.64. The molecule has 1 amide bonds. The number of rotatable bonds is 8. The maximum Gasteiger partial charge on any atom is 0.251 e. The van der Waals surface area contributed by atoms with Gasteiger partial charge < -0.3 is 14.8 Å². The number of methoxy groups -OCH3 is 1. The first kappa shape index (κ1) is 18.8. The van der Waals surface area contributed by atoms with Gasteiger partial charge in [-0.25, -0.2) is 4.39 Å². The highest BCUT2D eigenvalue weighted by Gasteiger charge is 2.09. The van der Waals surface area contributed by atoms with Crippen molar-refractivity contribution in [3.8, 4) is 11.5 Å². The van der Waals surface area contributed by atoms with Gasteiger partial charge in [-0.05, 0) is 62.6 Å². The molecule has 4 nitrogen and oxygen atoms in total. The molecular formula is C20H24FNO3. The Morgan fingerprint density at radius 1 is 1.16 bits per heavy atom. The van der Waals surface area contributed by atoms with Crippen LogP contribution in [-0.2, 0) is 6.42 Å². The molecule has 0 fully saturated rings. The van der Waals surface area contributed by atoms with Crippen molar-refractivity contribution in [2.45, 2.75) is 32.8 Å². The van der Waals surface area contributed by atoms with Crippen LogP contribution in [0.3, 0.4) is 0 Å². The van der Waals surface area contributed by atoms with Gasteiger partial charge in [-0.3, -0.25) is 4.79 Å². The molecule has 0 radical (unpaired) electrons. The highest BCUT2D eigenvalue weighted by molar-refractivity contribution is 5.94. The summed E-state index contributed by atoms with van der Waals surface area (Å²) in [5, 5.41) is 2.80. The topological polar surface area (TPSA) is 47.6 Å². The Labute approximate surface area is 148 Å². The van der Waals surface area contributed by atoms with E-state index in [2.05, 4.69) is 5.32 Å². The lowest BCUT2D eigenvalue weighted by Crippen LogP contribution is -2.24. The van der Waals surface area contributed by atoms with Gasteiger partial charge in [0.2, 0.25) is 0 Å². The number of hydrogen-bond donors (Lipinski definition) is 1. The first-order valence-corrected chi connectivity index (χ1v) is 8.37. The number of carbonyl (C=O) groups is 1. The van der Waals surface area contributed by atoms with Gasteiger partial charge in [0.15, 0.2) is 11.6 Å². The summed E-state index contributed by atoms with van der Waals surface area (Å²) in [4.78, 5) is 12.0. The Hall–Kier alpha value is -2.56. The molecule has 0 aliphatic rings. The van der Waals surface area contributed by atoms with Crippen LogP contribution in [0.2, 0.25) is 0 Å². The lowest BCUT2D eigenvalue weighted by molar-refractivity contribution is 0.0952. The largest absolute Gasteiger partial charge is 0.494 e. The summed E-state index contributed by atoms with van der Waals surface area (Å²) < 4.78 is 24.1. The Morgan fingerprint density at radius 2 is 1.88 bits per heavy atom. The second kappa shape index (κ2) is 9.06. The van der Waals surface area contributed by atoms with Crippen LogP contribution in [0.5, 0.6) is 11.5 Å². The molecule has 0 spiro atoms. The highest BCUT2D eigenvalue weighted by atomic mass is 19.1. The fourth-order valence-electron chi connectivity index (χ4n) is 2.41. The van der Waals surface area contributed by atoms with Gasteiger partial charge in [0, 0.05) is 12.1 Å². The fourth-order valence-corrected chi connectivity index (χ4v) is 2.41. The van der Waals surface area contributed by atoms with Crippen molar-refractivity contribution in [1.82, 2.24) is 5.32 Å². The molecule has 2 aromatic carbocycles. The van der Waals surface area contributed by atoms with Crippen molar-refractivity contribution in [2.75, 3.05) is 13.7 Å². The zero-order valence-electron chi connectivity index (χ0n) is 14.8. The first-order chi connectivity index (χ1) is 12.0. The zero-order valence-corrected chi connectivity index (χ0v) is 14.8. The predicted octanol–water partition coefficient (Wildman–Crippen LogP) is 3.98. The van der Waals surface area contributed by atoms with Gasteiger partial charge >= 0.3 is 0 Å². The quantitative estimate of drug-likeness (QED) is 0.736. The monoisotopic (exact) mass is 345 g/mol. The average Bonchev–Trinajstić information content (AvgIpc) is 2.59. The fraction of sp³-hybridized carbons (Fsp3) is 0.350. The molecule has 0 atom stereocenters. The van der Waals surface area contributed by atoms with E-state index in [9.17, 15) is 9.18 Å². The number of aryl methyl sites for hydroxylation is 1. The molecule has 134 valence electrons. The summed E-state index contributed by atoms with van der Waals surface area (Å²) >= 11 is 0. The third-order valence-corrected chi connectivity index (χ3v) is 3.64. The molecule has 0 aliphatic carbocycles. The van der Waals surface area contributed by atoms with Gasteiger partial charge in [-0.15, -0.1) is 0 Å². The summed E-state index contributed by atoms with van der Waals surface area (Å²) in [7, 11) is 1.39. The van der Waals surface area contributed by atoms with Crippen LogP contribution in [-0.4, -0.2) is 25.7 Å². The number of amides is 1. The molecule has 5 heteroatoms. The van der Waals surface area contributed by atoms with E-state index in [-0.39, 0.29) is 23.3 Å². The molecule has 0 aliphatic heterocycles. The number of hydrogen-bond acceptors (Lipinski definition) is 3. The van der Waals surface area contributed by atoms with Gasteiger partial charge in [0.25, 0.3) is 5.91 Å². The SMILES string of the molecule is COc1ccc(C(=O)NCCCc2ccc(OC(C)C)cc2)cc1F. The number of halogens is 1. The van der Waals surface area contributed by atoms with Crippen LogP contribution in [0.25, 0.3) is 0 Å². The molecule has 1 N–H and O–H groups in total. The van der Waals surface area contributed by atoms with Gasteiger partial charge in [0.1, 0.15) is 5.75 Å². The van der Waals surface area contributed by atoms with Gasteiger partial charge in [-0.1, -0.05) is 12.1 Å². The molecule has 25 heavy (non-hydrogen) atoms. The Morgan fingerprint density at radius 3 is 2.48 bits per heavy atom. The number of nitrogens with one attached hydrogen (secondary N) is 1. The lowest BCUT2D eigenvalue weighted by atomic mass is 10.1. The van der Waals surface area contributed by atoms with Gasteiger partial charge in [0.05, 0.1) is 13.2 Å². The third kappa shape index (κ3) is 5.78. The molecule has 0 heterocycles. The van der Waals surface area contributed by atoms with Crippen molar-refractivity contribution in [2.24, 2.45) is 0 Å². The number of ether oxygens (including phenoxy) is 2. The van der Waals surface area contributed by atoms with E-state index in [0.29, 0.717) is 6.54 Å². The summed E-state index contributed by atoms with van der Waals surface area (Å²) in [6.07, 6.45) is 1.80. The molecule has 0 unspecified atom stereocenters. The lowest BCUT2D eigenvalue weighted by Gasteiger charge is -2.10. The summed E-state index contributed by atoms with van der Waals surface area (Å²) in [5.41, 5.74) is 1.47.